The van der Waals surface area contributed by atoms with Crippen molar-refractivity contribution in [2.24, 2.45) is 0 Å². The van der Waals surface area contributed by atoms with E-state index in [1.165, 1.54) is 12.8 Å². The van der Waals surface area contributed by atoms with Gasteiger partial charge >= 0.3 is 0 Å². The molecule has 0 aromatic carbocycles. The fourth-order valence-electron chi connectivity index (χ4n) is 1.61. The van der Waals surface area contributed by atoms with Gasteiger partial charge in [0.15, 0.2) is 5.76 Å². The Labute approximate surface area is 84.0 Å². The maximum Gasteiger partial charge on any atom is 0.217 e. The molecule has 14 heavy (non-hydrogen) atoms. The van der Waals surface area contributed by atoms with E-state index in [9.17, 15) is 0 Å². The van der Waals surface area contributed by atoms with Crippen LogP contribution in [0.15, 0.2) is 22.8 Å². The van der Waals surface area contributed by atoms with Gasteiger partial charge in [0.1, 0.15) is 0 Å². The van der Waals surface area contributed by atoms with Crippen molar-refractivity contribution in [3.05, 3.63) is 24.2 Å². The topological polar surface area (TPSA) is 31.6 Å². The molecule has 1 saturated heterocycles. The Hall–Kier alpha value is -0.800. The Bertz CT molecular complexity index is 256. The standard InChI is InChI=1S/C11H16O3/c1-2-3-5-9-8-13-11(14-9)10-6-4-7-12-10/h4,6-7,9,11H,2-3,5,8H2,1H3/t9?,11-/m0/s1. The highest BCUT2D eigenvalue weighted by molar-refractivity contribution is 5.00. The molecule has 1 aliphatic heterocycles. The predicted molar refractivity (Wildman–Crippen MR) is 51.8 cm³/mol. The van der Waals surface area contributed by atoms with E-state index in [0.717, 1.165) is 12.2 Å². The van der Waals surface area contributed by atoms with Crippen LogP contribution in [0.5, 0.6) is 0 Å². The summed E-state index contributed by atoms with van der Waals surface area (Å²) in [4.78, 5) is 0. The minimum Gasteiger partial charge on any atom is -0.464 e. The molecule has 2 atom stereocenters. The minimum absolute atomic E-state index is 0.241. The Morgan fingerprint density at radius 3 is 3.14 bits per heavy atom. The van der Waals surface area contributed by atoms with Gasteiger partial charge in [-0.15, -0.1) is 0 Å². The zero-order valence-electron chi connectivity index (χ0n) is 8.44. The second kappa shape index (κ2) is 4.62. The largest absolute Gasteiger partial charge is 0.464 e. The molecular weight excluding hydrogens is 180 g/mol. The van der Waals surface area contributed by atoms with Gasteiger partial charge in [-0.1, -0.05) is 19.8 Å². The number of unbranched alkanes of at least 4 members (excludes halogenated alkanes) is 1. The lowest BCUT2D eigenvalue weighted by molar-refractivity contribution is -0.0748. The van der Waals surface area contributed by atoms with E-state index in [2.05, 4.69) is 6.92 Å². The van der Waals surface area contributed by atoms with Gasteiger partial charge in [-0.25, -0.2) is 0 Å². The number of hydrogen-bond donors (Lipinski definition) is 0. The van der Waals surface area contributed by atoms with Crippen LogP contribution in [-0.4, -0.2) is 12.7 Å². The van der Waals surface area contributed by atoms with Crippen molar-refractivity contribution in [2.75, 3.05) is 6.61 Å². The van der Waals surface area contributed by atoms with Gasteiger partial charge in [-0.2, -0.15) is 0 Å². The summed E-state index contributed by atoms with van der Waals surface area (Å²) < 4.78 is 16.4. The summed E-state index contributed by atoms with van der Waals surface area (Å²) >= 11 is 0. The van der Waals surface area contributed by atoms with E-state index in [0.29, 0.717) is 6.61 Å². The maximum atomic E-state index is 5.69. The van der Waals surface area contributed by atoms with Crippen molar-refractivity contribution < 1.29 is 13.9 Å². The molecule has 0 bridgehead atoms. The van der Waals surface area contributed by atoms with Gasteiger partial charge in [0.25, 0.3) is 0 Å². The smallest absolute Gasteiger partial charge is 0.217 e. The van der Waals surface area contributed by atoms with Crippen LogP contribution in [0.1, 0.15) is 38.2 Å². The van der Waals surface area contributed by atoms with E-state index in [1.54, 1.807) is 6.26 Å². The van der Waals surface area contributed by atoms with Crippen LogP contribution in [0.4, 0.5) is 0 Å². The zero-order chi connectivity index (χ0) is 9.80. The average molecular weight is 196 g/mol. The van der Waals surface area contributed by atoms with Gasteiger partial charge in [-0.3, -0.25) is 0 Å². The summed E-state index contributed by atoms with van der Waals surface area (Å²) in [6, 6.07) is 3.73. The Morgan fingerprint density at radius 2 is 2.43 bits per heavy atom. The van der Waals surface area contributed by atoms with Gasteiger partial charge in [0, 0.05) is 0 Å². The molecule has 2 heterocycles. The zero-order valence-corrected chi connectivity index (χ0v) is 8.44. The van der Waals surface area contributed by atoms with Gasteiger partial charge < -0.3 is 13.9 Å². The molecule has 1 aliphatic rings. The number of ether oxygens (including phenoxy) is 2. The van der Waals surface area contributed by atoms with Crippen LogP contribution in [0.2, 0.25) is 0 Å². The lowest BCUT2D eigenvalue weighted by Crippen LogP contribution is -2.08. The summed E-state index contributed by atoms with van der Waals surface area (Å²) in [5.41, 5.74) is 0. The molecule has 2 rings (SSSR count). The second-order valence-electron chi connectivity index (χ2n) is 3.58. The summed E-state index contributed by atoms with van der Waals surface area (Å²) in [6.45, 7) is 2.87. The molecule has 3 nitrogen and oxygen atoms in total. The SMILES string of the molecule is CCCCC1CO[C@H](c2ccco2)O1. The molecule has 0 radical (unpaired) electrons. The van der Waals surface area contributed by atoms with Crippen LogP contribution >= 0.6 is 0 Å². The Balaban J connectivity index is 1.83. The van der Waals surface area contributed by atoms with E-state index in [-0.39, 0.29) is 12.4 Å². The first kappa shape index (κ1) is 9.74. The molecule has 0 amide bonds. The van der Waals surface area contributed by atoms with Crippen molar-refractivity contribution in [2.45, 2.75) is 38.6 Å². The first-order chi connectivity index (χ1) is 6.90. The Morgan fingerprint density at radius 1 is 1.50 bits per heavy atom. The second-order valence-corrected chi connectivity index (χ2v) is 3.58. The third kappa shape index (κ3) is 2.16. The summed E-state index contributed by atoms with van der Waals surface area (Å²) in [6.07, 6.45) is 5.07. The maximum absolute atomic E-state index is 5.69. The van der Waals surface area contributed by atoms with Crippen molar-refractivity contribution in [1.29, 1.82) is 0 Å². The number of hydrogen-bond acceptors (Lipinski definition) is 3. The molecule has 0 aliphatic carbocycles. The van der Waals surface area contributed by atoms with E-state index in [1.807, 2.05) is 12.1 Å². The molecule has 3 heteroatoms. The monoisotopic (exact) mass is 196 g/mol. The third-order valence-corrected chi connectivity index (χ3v) is 2.40. The van der Waals surface area contributed by atoms with Crippen molar-refractivity contribution in [3.63, 3.8) is 0 Å². The van der Waals surface area contributed by atoms with Crippen LogP contribution in [-0.2, 0) is 9.47 Å². The van der Waals surface area contributed by atoms with E-state index < -0.39 is 0 Å². The number of rotatable bonds is 4. The van der Waals surface area contributed by atoms with Crippen molar-refractivity contribution in [3.8, 4) is 0 Å². The van der Waals surface area contributed by atoms with E-state index in [4.69, 9.17) is 13.9 Å². The molecule has 1 aromatic rings. The van der Waals surface area contributed by atoms with Gasteiger partial charge in [0.05, 0.1) is 19.0 Å². The number of furan rings is 1. The molecule has 0 saturated carbocycles. The van der Waals surface area contributed by atoms with Crippen LogP contribution < -0.4 is 0 Å². The molecule has 0 spiro atoms. The van der Waals surface area contributed by atoms with Crippen LogP contribution in [0.3, 0.4) is 0 Å². The summed E-state index contributed by atoms with van der Waals surface area (Å²) in [5.74, 6) is 0.768. The lowest BCUT2D eigenvalue weighted by Gasteiger charge is -2.08. The van der Waals surface area contributed by atoms with Crippen LogP contribution in [0, 0.1) is 0 Å². The van der Waals surface area contributed by atoms with Gasteiger partial charge in [0.2, 0.25) is 6.29 Å². The molecular formula is C11H16O3. The highest BCUT2D eigenvalue weighted by Crippen LogP contribution is 2.28. The van der Waals surface area contributed by atoms with Crippen molar-refractivity contribution in [1.82, 2.24) is 0 Å². The fourth-order valence-corrected chi connectivity index (χ4v) is 1.61. The van der Waals surface area contributed by atoms with E-state index >= 15 is 0 Å². The molecule has 1 fully saturated rings. The highest BCUT2D eigenvalue weighted by atomic mass is 16.7. The van der Waals surface area contributed by atoms with Crippen molar-refractivity contribution >= 4 is 0 Å². The molecule has 0 N–H and O–H groups in total. The molecule has 78 valence electrons. The Kier molecular flexibility index (Phi) is 3.22. The third-order valence-electron chi connectivity index (χ3n) is 2.40. The summed E-state index contributed by atoms with van der Waals surface area (Å²) in [5, 5.41) is 0. The molecule has 1 unspecified atom stereocenters. The quantitative estimate of drug-likeness (QED) is 0.742. The summed E-state index contributed by atoms with van der Waals surface area (Å²) in [7, 11) is 0. The minimum atomic E-state index is -0.285. The fraction of sp³-hybridized carbons (Fsp3) is 0.636. The normalized spacial score (nSPS) is 26.9. The molecule has 1 aromatic heterocycles. The first-order valence-corrected chi connectivity index (χ1v) is 5.20. The van der Waals surface area contributed by atoms with Crippen LogP contribution in [0.25, 0.3) is 0 Å². The lowest BCUT2D eigenvalue weighted by atomic mass is 10.2. The predicted octanol–water partition coefficient (Wildman–Crippen LogP) is 2.88. The average Bonchev–Trinajstić information content (AvgIpc) is 2.85. The highest BCUT2D eigenvalue weighted by Gasteiger charge is 2.28. The van der Waals surface area contributed by atoms with Gasteiger partial charge in [-0.05, 0) is 18.6 Å². The first-order valence-electron chi connectivity index (χ1n) is 5.20.